The van der Waals surface area contributed by atoms with Gasteiger partial charge >= 0.3 is 0 Å². The van der Waals surface area contributed by atoms with Crippen LogP contribution in [0.1, 0.15) is 17.6 Å². The lowest BCUT2D eigenvalue weighted by Crippen LogP contribution is -2.39. The van der Waals surface area contributed by atoms with E-state index in [2.05, 4.69) is 0 Å². The standard InChI is InChI=1S/C19H18FNO3S/c1-14(24-16-6-2-5-15(20)11-16)19(22)21(12-17-7-3-9-23-17)13-18-8-4-10-25-18/h2-11,14H,12-13H2,1H3. The molecule has 0 spiro atoms. The van der Waals surface area contributed by atoms with Gasteiger partial charge in [-0.2, -0.15) is 0 Å². The van der Waals surface area contributed by atoms with Gasteiger partial charge in [0.25, 0.3) is 5.91 Å². The maximum atomic E-state index is 13.3. The van der Waals surface area contributed by atoms with Crippen LogP contribution in [0, 0.1) is 5.82 Å². The van der Waals surface area contributed by atoms with Gasteiger partial charge in [-0.1, -0.05) is 12.1 Å². The molecular formula is C19H18FNO3S. The van der Waals surface area contributed by atoms with Crippen molar-refractivity contribution in [2.24, 2.45) is 0 Å². The van der Waals surface area contributed by atoms with Crippen LogP contribution in [0.2, 0.25) is 0 Å². The fourth-order valence-electron chi connectivity index (χ4n) is 2.45. The second kappa shape index (κ2) is 7.98. The molecule has 0 aliphatic carbocycles. The van der Waals surface area contributed by atoms with Crippen molar-refractivity contribution in [2.45, 2.75) is 26.1 Å². The van der Waals surface area contributed by atoms with Crippen LogP contribution in [0.5, 0.6) is 5.75 Å². The zero-order valence-corrected chi connectivity index (χ0v) is 14.5. The van der Waals surface area contributed by atoms with Crippen LogP contribution >= 0.6 is 11.3 Å². The molecular weight excluding hydrogens is 341 g/mol. The van der Waals surface area contributed by atoms with Crippen LogP contribution in [0.25, 0.3) is 0 Å². The third-order valence-electron chi connectivity index (χ3n) is 3.62. The van der Waals surface area contributed by atoms with Crippen molar-refractivity contribution in [3.05, 3.63) is 76.6 Å². The first kappa shape index (κ1) is 17.2. The van der Waals surface area contributed by atoms with E-state index in [4.69, 9.17) is 9.15 Å². The molecule has 0 saturated carbocycles. The highest BCUT2D eigenvalue weighted by atomic mass is 32.1. The lowest BCUT2D eigenvalue weighted by Gasteiger charge is -2.25. The summed E-state index contributed by atoms with van der Waals surface area (Å²) in [5.41, 5.74) is 0. The largest absolute Gasteiger partial charge is 0.481 e. The maximum Gasteiger partial charge on any atom is 0.264 e. The number of benzene rings is 1. The zero-order chi connectivity index (χ0) is 17.6. The molecule has 3 rings (SSSR count). The van der Waals surface area contributed by atoms with Gasteiger partial charge < -0.3 is 14.1 Å². The molecule has 0 aliphatic heterocycles. The Kier molecular flexibility index (Phi) is 5.50. The highest BCUT2D eigenvalue weighted by Crippen LogP contribution is 2.19. The van der Waals surface area contributed by atoms with Gasteiger partial charge in [0.15, 0.2) is 6.10 Å². The van der Waals surface area contributed by atoms with Crippen LogP contribution in [-0.2, 0) is 17.9 Å². The fourth-order valence-corrected chi connectivity index (χ4v) is 3.16. The van der Waals surface area contributed by atoms with Gasteiger partial charge in [0, 0.05) is 10.9 Å². The van der Waals surface area contributed by atoms with Gasteiger partial charge in [-0.15, -0.1) is 11.3 Å². The zero-order valence-electron chi connectivity index (χ0n) is 13.7. The molecule has 3 aromatic rings. The number of rotatable bonds is 7. The predicted octanol–water partition coefficient (Wildman–Crippen LogP) is 4.48. The summed E-state index contributed by atoms with van der Waals surface area (Å²) in [6, 6.07) is 13.3. The van der Waals surface area contributed by atoms with Crippen LogP contribution in [-0.4, -0.2) is 16.9 Å². The van der Waals surface area contributed by atoms with Crippen LogP contribution in [0.15, 0.2) is 64.6 Å². The highest BCUT2D eigenvalue weighted by molar-refractivity contribution is 7.09. The SMILES string of the molecule is CC(Oc1cccc(F)c1)C(=O)N(Cc1ccco1)Cc1cccs1. The fraction of sp³-hybridized carbons (Fsp3) is 0.211. The number of nitrogens with zero attached hydrogens (tertiary/aromatic N) is 1. The Hall–Kier alpha value is -2.60. The van der Waals surface area contributed by atoms with Crippen LogP contribution in [0.4, 0.5) is 4.39 Å². The van der Waals surface area contributed by atoms with Crippen molar-refractivity contribution in [1.29, 1.82) is 0 Å². The minimum absolute atomic E-state index is 0.186. The van der Waals surface area contributed by atoms with E-state index in [1.165, 1.54) is 12.1 Å². The summed E-state index contributed by atoms with van der Waals surface area (Å²) in [5, 5.41) is 1.97. The molecule has 0 aliphatic rings. The molecule has 4 nitrogen and oxygen atoms in total. The van der Waals surface area contributed by atoms with Crippen molar-refractivity contribution in [3.8, 4) is 5.75 Å². The molecule has 0 radical (unpaired) electrons. The first-order valence-corrected chi connectivity index (χ1v) is 8.75. The Bertz CT molecular complexity index is 766. The molecule has 0 N–H and O–H groups in total. The minimum atomic E-state index is -0.739. The summed E-state index contributed by atoms with van der Waals surface area (Å²) in [6.45, 7) is 2.48. The Morgan fingerprint density at radius 1 is 1.24 bits per heavy atom. The topological polar surface area (TPSA) is 42.7 Å². The van der Waals surface area contributed by atoms with E-state index < -0.39 is 11.9 Å². The number of carbonyl (C=O) groups is 1. The van der Waals surface area contributed by atoms with E-state index >= 15 is 0 Å². The summed E-state index contributed by atoms with van der Waals surface area (Å²) in [5.74, 6) is 0.440. The van der Waals surface area contributed by atoms with Gasteiger partial charge in [0.1, 0.15) is 17.3 Å². The summed E-state index contributed by atoms with van der Waals surface area (Å²) in [7, 11) is 0. The number of halogens is 1. The molecule has 1 amide bonds. The van der Waals surface area contributed by atoms with Crippen LogP contribution in [0.3, 0.4) is 0 Å². The van der Waals surface area contributed by atoms with E-state index in [9.17, 15) is 9.18 Å². The smallest absolute Gasteiger partial charge is 0.264 e. The van der Waals surface area contributed by atoms with Gasteiger partial charge in [0.05, 0.1) is 19.4 Å². The molecule has 0 saturated heterocycles. The summed E-state index contributed by atoms with van der Waals surface area (Å²) in [4.78, 5) is 15.6. The second-order valence-electron chi connectivity index (χ2n) is 5.57. The number of hydrogen-bond acceptors (Lipinski definition) is 4. The van der Waals surface area contributed by atoms with Gasteiger partial charge in [-0.3, -0.25) is 4.79 Å². The Balaban J connectivity index is 1.72. The quantitative estimate of drug-likeness (QED) is 0.625. The third-order valence-corrected chi connectivity index (χ3v) is 4.48. The third kappa shape index (κ3) is 4.70. The van der Waals surface area contributed by atoms with Crippen molar-refractivity contribution in [1.82, 2.24) is 4.90 Å². The number of ether oxygens (including phenoxy) is 1. The molecule has 0 fully saturated rings. The second-order valence-corrected chi connectivity index (χ2v) is 6.60. The Morgan fingerprint density at radius 3 is 2.80 bits per heavy atom. The van der Waals surface area contributed by atoms with Gasteiger partial charge in [-0.25, -0.2) is 4.39 Å². The van der Waals surface area contributed by atoms with Crippen molar-refractivity contribution in [3.63, 3.8) is 0 Å². The summed E-state index contributed by atoms with van der Waals surface area (Å²) < 4.78 is 24.3. The van der Waals surface area contributed by atoms with E-state index in [1.54, 1.807) is 47.6 Å². The first-order chi connectivity index (χ1) is 12.1. The minimum Gasteiger partial charge on any atom is -0.481 e. The Labute approximate surface area is 149 Å². The van der Waals surface area contributed by atoms with Crippen molar-refractivity contribution < 1.29 is 18.3 Å². The van der Waals surface area contributed by atoms with E-state index in [0.717, 1.165) is 4.88 Å². The molecule has 6 heteroatoms. The van der Waals surface area contributed by atoms with E-state index in [-0.39, 0.29) is 5.91 Å². The van der Waals surface area contributed by atoms with Crippen molar-refractivity contribution in [2.75, 3.05) is 0 Å². The van der Waals surface area contributed by atoms with Gasteiger partial charge in [-0.05, 0) is 42.6 Å². The molecule has 2 aromatic heterocycles. The van der Waals surface area contributed by atoms with Gasteiger partial charge in [0.2, 0.25) is 0 Å². The molecule has 25 heavy (non-hydrogen) atoms. The highest BCUT2D eigenvalue weighted by Gasteiger charge is 2.24. The average molecular weight is 359 g/mol. The number of thiophene rings is 1. The molecule has 1 aromatic carbocycles. The lowest BCUT2D eigenvalue weighted by molar-refractivity contribution is -0.139. The molecule has 0 bridgehead atoms. The first-order valence-electron chi connectivity index (χ1n) is 7.87. The average Bonchev–Trinajstić information content (AvgIpc) is 3.27. The molecule has 130 valence electrons. The Morgan fingerprint density at radius 2 is 2.12 bits per heavy atom. The number of furan rings is 1. The molecule has 2 heterocycles. The molecule has 1 atom stereocenters. The predicted molar refractivity (Wildman–Crippen MR) is 93.8 cm³/mol. The maximum absolute atomic E-state index is 13.3. The van der Waals surface area contributed by atoms with E-state index in [0.29, 0.717) is 24.6 Å². The number of carbonyl (C=O) groups excluding carboxylic acids is 1. The van der Waals surface area contributed by atoms with E-state index in [1.807, 2.05) is 23.6 Å². The molecule has 1 unspecified atom stereocenters. The summed E-state index contributed by atoms with van der Waals surface area (Å²) >= 11 is 1.58. The summed E-state index contributed by atoms with van der Waals surface area (Å²) in [6.07, 6.45) is 0.840. The normalized spacial score (nSPS) is 11.9. The monoisotopic (exact) mass is 359 g/mol. The van der Waals surface area contributed by atoms with Crippen molar-refractivity contribution >= 4 is 17.2 Å². The number of hydrogen-bond donors (Lipinski definition) is 0. The lowest BCUT2D eigenvalue weighted by atomic mass is 10.2. The number of amides is 1. The van der Waals surface area contributed by atoms with Crippen LogP contribution < -0.4 is 4.74 Å².